The van der Waals surface area contributed by atoms with E-state index in [1.54, 1.807) is 4.90 Å². The van der Waals surface area contributed by atoms with Gasteiger partial charge in [0.2, 0.25) is 5.89 Å². The molecule has 7 heteroatoms. The third kappa shape index (κ3) is 2.06. The molecule has 2 rings (SSSR count). The molecule has 1 atom stereocenters. The van der Waals surface area contributed by atoms with Crippen LogP contribution in [0.5, 0.6) is 0 Å². The average molecular weight is 234 g/mol. The van der Waals surface area contributed by atoms with Gasteiger partial charge >= 0.3 is 6.01 Å². The Morgan fingerprint density at radius 1 is 1.53 bits per heavy atom. The molecule has 15 heavy (non-hydrogen) atoms. The molecule has 0 aliphatic carbocycles. The van der Waals surface area contributed by atoms with Crippen LogP contribution in [0.2, 0.25) is 0 Å². The zero-order chi connectivity index (χ0) is 10.9. The quantitative estimate of drug-likeness (QED) is 0.700. The normalized spacial score (nSPS) is 26.2. The van der Waals surface area contributed by atoms with E-state index in [2.05, 4.69) is 10.2 Å². The number of aliphatic hydroxyl groups excluding tert-OH is 1. The molecule has 0 bridgehead atoms. The highest BCUT2D eigenvalue weighted by molar-refractivity contribution is 6.16. The number of nitrogens with zero attached hydrogens (tertiary/aromatic N) is 3. The Kier molecular flexibility index (Phi) is 2.81. The molecular formula is C8H12ClN3O3. The first-order valence-electron chi connectivity index (χ1n) is 4.63. The van der Waals surface area contributed by atoms with Crippen LogP contribution in [0.25, 0.3) is 0 Å². The number of alkyl halides is 1. The first-order chi connectivity index (χ1) is 7.17. The summed E-state index contributed by atoms with van der Waals surface area (Å²) in [7, 11) is 0. The number of hydrogen-bond donors (Lipinski definition) is 2. The number of halogens is 1. The van der Waals surface area contributed by atoms with Gasteiger partial charge in [0, 0.05) is 6.54 Å². The Morgan fingerprint density at radius 2 is 2.33 bits per heavy atom. The highest BCUT2D eigenvalue weighted by atomic mass is 35.5. The SMILES string of the molecule is OCC1(O)CCN(c2nnc(CCl)o2)C1. The van der Waals surface area contributed by atoms with E-state index in [-0.39, 0.29) is 12.5 Å². The molecule has 1 aromatic heterocycles. The van der Waals surface area contributed by atoms with Crippen molar-refractivity contribution in [1.29, 1.82) is 0 Å². The lowest BCUT2D eigenvalue weighted by molar-refractivity contribution is 0.00456. The Bertz CT molecular complexity index is 346. The van der Waals surface area contributed by atoms with Crippen LogP contribution in [0, 0.1) is 0 Å². The Balaban J connectivity index is 2.07. The van der Waals surface area contributed by atoms with Crippen molar-refractivity contribution < 1.29 is 14.6 Å². The summed E-state index contributed by atoms with van der Waals surface area (Å²) in [6, 6.07) is 0.343. The fraction of sp³-hybridized carbons (Fsp3) is 0.750. The zero-order valence-corrected chi connectivity index (χ0v) is 8.81. The molecule has 0 radical (unpaired) electrons. The molecule has 1 unspecified atom stereocenters. The molecule has 2 N–H and O–H groups in total. The maximum absolute atomic E-state index is 9.79. The van der Waals surface area contributed by atoms with Crippen molar-refractivity contribution >= 4 is 17.6 Å². The van der Waals surface area contributed by atoms with Crippen molar-refractivity contribution in [3.63, 3.8) is 0 Å². The lowest BCUT2D eigenvalue weighted by Gasteiger charge is -2.19. The highest BCUT2D eigenvalue weighted by Crippen LogP contribution is 2.25. The highest BCUT2D eigenvalue weighted by Gasteiger charge is 2.37. The van der Waals surface area contributed by atoms with Crippen molar-refractivity contribution in [2.75, 3.05) is 24.6 Å². The summed E-state index contributed by atoms with van der Waals surface area (Å²) >= 11 is 5.53. The average Bonchev–Trinajstić information content (AvgIpc) is 2.84. The van der Waals surface area contributed by atoms with Crippen LogP contribution in [-0.2, 0) is 5.88 Å². The van der Waals surface area contributed by atoms with Gasteiger partial charge in [0.05, 0.1) is 13.2 Å². The second kappa shape index (κ2) is 3.96. The van der Waals surface area contributed by atoms with Gasteiger partial charge in [-0.1, -0.05) is 5.10 Å². The van der Waals surface area contributed by atoms with Crippen LogP contribution in [0.3, 0.4) is 0 Å². The van der Waals surface area contributed by atoms with Crippen LogP contribution in [0.4, 0.5) is 6.01 Å². The molecule has 0 aromatic carbocycles. The molecule has 84 valence electrons. The minimum Gasteiger partial charge on any atom is -0.407 e. The van der Waals surface area contributed by atoms with E-state index in [1.807, 2.05) is 0 Å². The molecule has 1 fully saturated rings. The third-order valence-electron chi connectivity index (χ3n) is 2.47. The van der Waals surface area contributed by atoms with Crippen molar-refractivity contribution in [3.8, 4) is 0 Å². The minimum atomic E-state index is -1.06. The number of aromatic nitrogens is 2. The van der Waals surface area contributed by atoms with Gasteiger partial charge in [-0.15, -0.1) is 16.7 Å². The minimum absolute atomic E-state index is 0.172. The van der Waals surface area contributed by atoms with Gasteiger partial charge < -0.3 is 19.5 Å². The summed E-state index contributed by atoms with van der Waals surface area (Å²) in [5, 5.41) is 26.3. The van der Waals surface area contributed by atoms with Crippen molar-refractivity contribution in [2.24, 2.45) is 0 Å². The van der Waals surface area contributed by atoms with E-state index in [4.69, 9.17) is 21.1 Å². The van der Waals surface area contributed by atoms with Crippen molar-refractivity contribution in [2.45, 2.75) is 17.9 Å². The van der Waals surface area contributed by atoms with Gasteiger partial charge in [-0.2, -0.15) is 0 Å². The van der Waals surface area contributed by atoms with Crippen LogP contribution >= 0.6 is 11.6 Å². The maximum atomic E-state index is 9.79. The number of β-amino-alcohol motifs (C(OH)–C–C–N with tert-alkyl or cyclic N) is 1. The Hall–Kier alpha value is -0.850. The molecule has 0 saturated carbocycles. The summed E-state index contributed by atoms with van der Waals surface area (Å²) in [5.41, 5.74) is -1.06. The molecule has 1 aromatic rings. The summed E-state index contributed by atoms with van der Waals surface area (Å²) in [6.07, 6.45) is 0.488. The van der Waals surface area contributed by atoms with Crippen LogP contribution in [0.1, 0.15) is 12.3 Å². The number of aliphatic hydroxyl groups is 2. The molecule has 1 aliphatic rings. The number of rotatable bonds is 3. The van der Waals surface area contributed by atoms with E-state index >= 15 is 0 Å². The van der Waals surface area contributed by atoms with Gasteiger partial charge in [0.15, 0.2) is 0 Å². The van der Waals surface area contributed by atoms with Gasteiger partial charge in [0.1, 0.15) is 11.5 Å². The molecule has 2 heterocycles. The molecule has 0 spiro atoms. The zero-order valence-electron chi connectivity index (χ0n) is 8.06. The largest absolute Gasteiger partial charge is 0.407 e. The van der Waals surface area contributed by atoms with E-state index in [0.717, 1.165) is 0 Å². The smallest absolute Gasteiger partial charge is 0.318 e. The van der Waals surface area contributed by atoms with Gasteiger partial charge in [-0.05, 0) is 6.42 Å². The molecule has 0 amide bonds. The Labute approximate surface area is 91.5 Å². The first kappa shape index (κ1) is 10.7. The maximum Gasteiger partial charge on any atom is 0.318 e. The van der Waals surface area contributed by atoms with Gasteiger partial charge in [-0.3, -0.25) is 0 Å². The fourth-order valence-corrected chi connectivity index (χ4v) is 1.68. The standard InChI is InChI=1S/C8H12ClN3O3/c9-3-6-10-11-7(15-6)12-2-1-8(14,4-12)5-13/h13-14H,1-5H2. The second-order valence-corrected chi connectivity index (χ2v) is 3.93. The van der Waals surface area contributed by atoms with Crippen LogP contribution in [0.15, 0.2) is 4.42 Å². The number of hydrogen-bond acceptors (Lipinski definition) is 6. The molecule has 6 nitrogen and oxygen atoms in total. The molecular weight excluding hydrogens is 222 g/mol. The van der Waals surface area contributed by atoms with Gasteiger partial charge in [-0.25, -0.2) is 0 Å². The topological polar surface area (TPSA) is 82.6 Å². The second-order valence-electron chi connectivity index (χ2n) is 3.67. The molecule has 1 saturated heterocycles. The first-order valence-corrected chi connectivity index (χ1v) is 5.17. The Morgan fingerprint density at radius 3 is 2.87 bits per heavy atom. The van der Waals surface area contributed by atoms with Crippen LogP contribution in [-0.4, -0.2) is 45.7 Å². The summed E-state index contributed by atoms with van der Waals surface area (Å²) < 4.78 is 5.23. The third-order valence-corrected chi connectivity index (χ3v) is 2.70. The fourth-order valence-electron chi connectivity index (χ4n) is 1.58. The van der Waals surface area contributed by atoms with Crippen molar-refractivity contribution in [1.82, 2.24) is 10.2 Å². The summed E-state index contributed by atoms with van der Waals surface area (Å²) in [5.74, 6) is 0.525. The predicted molar refractivity (Wildman–Crippen MR) is 52.7 cm³/mol. The summed E-state index contributed by atoms with van der Waals surface area (Å²) in [6.45, 7) is 0.619. The lowest BCUT2D eigenvalue weighted by Crippen LogP contribution is -2.36. The molecule has 1 aliphatic heterocycles. The predicted octanol–water partition coefficient (Wildman–Crippen LogP) is -0.258. The van der Waals surface area contributed by atoms with E-state index in [0.29, 0.717) is 31.4 Å². The lowest BCUT2D eigenvalue weighted by atomic mass is 10.1. The van der Waals surface area contributed by atoms with Gasteiger partial charge in [0.25, 0.3) is 0 Å². The van der Waals surface area contributed by atoms with E-state index in [9.17, 15) is 5.11 Å². The summed E-state index contributed by atoms with van der Waals surface area (Å²) in [4.78, 5) is 1.74. The van der Waals surface area contributed by atoms with Crippen LogP contribution < -0.4 is 4.90 Å². The number of anilines is 1. The van der Waals surface area contributed by atoms with E-state index in [1.165, 1.54) is 0 Å². The van der Waals surface area contributed by atoms with E-state index < -0.39 is 5.60 Å². The monoisotopic (exact) mass is 233 g/mol. The van der Waals surface area contributed by atoms with Crippen molar-refractivity contribution in [3.05, 3.63) is 5.89 Å².